The van der Waals surface area contributed by atoms with E-state index in [0.717, 1.165) is 18.6 Å². The highest BCUT2D eigenvalue weighted by atomic mass is 32.1. The largest absolute Gasteiger partial charge is 0.485 e. The minimum atomic E-state index is 0.120. The Bertz CT molecular complexity index is 467. The van der Waals surface area contributed by atoms with E-state index in [1.165, 1.54) is 10.4 Å². The first-order valence-electron chi connectivity index (χ1n) is 6.27. The van der Waals surface area contributed by atoms with Gasteiger partial charge in [0.15, 0.2) is 0 Å². The third kappa shape index (κ3) is 3.34. The first-order valence-corrected chi connectivity index (χ1v) is 7.15. The number of ether oxygens (including phenoxy) is 1. The number of rotatable bonds is 6. The fourth-order valence-electron chi connectivity index (χ4n) is 1.88. The van der Waals surface area contributed by atoms with Crippen LogP contribution in [-0.2, 0) is 0 Å². The van der Waals surface area contributed by atoms with Crippen molar-refractivity contribution in [2.75, 3.05) is 6.54 Å². The molecule has 0 fully saturated rings. The molecule has 1 unspecified atom stereocenters. The van der Waals surface area contributed by atoms with E-state index < -0.39 is 0 Å². The molecule has 0 amide bonds. The van der Waals surface area contributed by atoms with Crippen molar-refractivity contribution >= 4 is 11.3 Å². The van der Waals surface area contributed by atoms with Gasteiger partial charge in [-0.3, -0.25) is 0 Å². The highest BCUT2D eigenvalue weighted by molar-refractivity contribution is 7.10. The number of nitrogens with two attached hydrogens (primary N) is 1. The number of para-hydroxylation sites is 1. The van der Waals surface area contributed by atoms with Gasteiger partial charge in [0, 0.05) is 4.88 Å². The molecular formula is C15H19NOS. The van der Waals surface area contributed by atoms with Crippen molar-refractivity contribution in [2.24, 2.45) is 5.73 Å². The number of hydrogen-bond donors (Lipinski definition) is 1. The van der Waals surface area contributed by atoms with E-state index in [-0.39, 0.29) is 6.10 Å². The summed E-state index contributed by atoms with van der Waals surface area (Å²) in [6.07, 6.45) is 2.06. The third-order valence-corrected chi connectivity index (χ3v) is 3.86. The second-order valence-corrected chi connectivity index (χ2v) is 5.30. The van der Waals surface area contributed by atoms with Crippen molar-refractivity contribution in [1.29, 1.82) is 0 Å². The van der Waals surface area contributed by atoms with Gasteiger partial charge in [0.2, 0.25) is 0 Å². The summed E-state index contributed by atoms with van der Waals surface area (Å²) >= 11 is 1.74. The molecule has 3 heteroatoms. The van der Waals surface area contributed by atoms with E-state index in [1.54, 1.807) is 11.3 Å². The van der Waals surface area contributed by atoms with Crippen LogP contribution in [0, 0.1) is 6.92 Å². The third-order valence-electron chi connectivity index (χ3n) is 2.89. The predicted octanol–water partition coefficient (Wildman–Crippen LogP) is 3.92. The van der Waals surface area contributed by atoms with E-state index in [0.29, 0.717) is 6.54 Å². The van der Waals surface area contributed by atoms with E-state index in [9.17, 15) is 0 Å². The summed E-state index contributed by atoms with van der Waals surface area (Å²) < 4.78 is 6.15. The lowest BCUT2D eigenvalue weighted by molar-refractivity contribution is 0.195. The standard InChI is InChI=1S/C15H19NOS/c1-12-6-2-3-7-13(12)17-14(8-4-10-16)15-9-5-11-18-15/h2-3,5-7,9,11,14H,4,8,10,16H2,1H3. The molecule has 1 heterocycles. The fraction of sp³-hybridized carbons (Fsp3) is 0.333. The topological polar surface area (TPSA) is 35.2 Å². The number of benzene rings is 1. The van der Waals surface area contributed by atoms with E-state index in [2.05, 4.69) is 30.5 Å². The van der Waals surface area contributed by atoms with Gasteiger partial charge in [-0.2, -0.15) is 0 Å². The van der Waals surface area contributed by atoms with E-state index in [4.69, 9.17) is 10.5 Å². The maximum atomic E-state index is 6.15. The van der Waals surface area contributed by atoms with Gasteiger partial charge in [-0.05, 0) is 49.4 Å². The maximum absolute atomic E-state index is 6.15. The monoisotopic (exact) mass is 261 g/mol. The van der Waals surface area contributed by atoms with Gasteiger partial charge in [-0.1, -0.05) is 24.3 Å². The second kappa shape index (κ2) is 6.57. The van der Waals surface area contributed by atoms with Gasteiger partial charge in [0.25, 0.3) is 0 Å². The molecule has 2 rings (SSSR count). The Kier molecular flexibility index (Phi) is 4.79. The Morgan fingerprint density at radius 1 is 1.22 bits per heavy atom. The van der Waals surface area contributed by atoms with Crippen LogP contribution in [0.5, 0.6) is 5.75 Å². The van der Waals surface area contributed by atoms with Crippen molar-refractivity contribution in [3.05, 3.63) is 52.2 Å². The highest BCUT2D eigenvalue weighted by Crippen LogP contribution is 2.30. The first-order chi connectivity index (χ1) is 8.81. The zero-order valence-corrected chi connectivity index (χ0v) is 11.5. The highest BCUT2D eigenvalue weighted by Gasteiger charge is 2.14. The Labute approximate surface area is 112 Å². The summed E-state index contributed by atoms with van der Waals surface area (Å²) in [5.41, 5.74) is 6.77. The fourth-order valence-corrected chi connectivity index (χ4v) is 2.67. The van der Waals surface area contributed by atoms with Gasteiger partial charge in [-0.15, -0.1) is 11.3 Å². The Balaban J connectivity index is 2.13. The average Bonchev–Trinajstić information content (AvgIpc) is 2.90. The quantitative estimate of drug-likeness (QED) is 0.855. The molecule has 0 radical (unpaired) electrons. The summed E-state index contributed by atoms with van der Waals surface area (Å²) in [5.74, 6) is 0.966. The minimum Gasteiger partial charge on any atom is -0.485 e. The van der Waals surface area contributed by atoms with Crippen LogP contribution in [0.15, 0.2) is 41.8 Å². The minimum absolute atomic E-state index is 0.120. The average molecular weight is 261 g/mol. The Morgan fingerprint density at radius 3 is 2.72 bits per heavy atom. The molecule has 0 bridgehead atoms. The molecule has 0 aliphatic rings. The number of hydrogen-bond acceptors (Lipinski definition) is 3. The molecule has 2 nitrogen and oxygen atoms in total. The lowest BCUT2D eigenvalue weighted by Crippen LogP contribution is -2.09. The first kappa shape index (κ1) is 13.1. The normalized spacial score (nSPS) is 12.3. The summed E-state index contributed by atoms with van der Waals surface area (Å²) in [7, 11) is 0. The van der Waals surface area contributed by atoms with Crippen LogP contribution in [0.2, 0.25) is 0 Å². The van der Waals surface area contributed by atoms with E-state index in [1.807, 2.05) is 18.2 Å². The van der Waals surface area contributed by atoms with Crippen LogP contribution >= 0.6 is 11.3 Å². The number of thiophene rings is 1. The molecule has 2 N–H and O–H groups in total. The van der Waals surface area contributed by atoms with Crippen LogP contribution < -0.4 is 10.5 Å². The van der Waals surface area contributed by atoms with Crippen LogP contribution in [-0.4, -0.2) is 6.54 Å². The summed E-state index contributed by atoms with van der Waals surface area (Å²) in [4.78, 5) is 1.27. The van der Waals surface area contributed by atoms with Crippen LogP contribution in [0.4, 0.5) is 0 Å². The predicted molar refractivity (Wildman–Crippen MR) is 77.2 cm³/mol. The SMILES string of the molecule is Cc1ccccc1OC(CCCN)c1cccs1. The van der Waals surface area contributed by atoms with Crippen molar-refractivity contribution in [1.82, 2.24) is 0 Å². The molecule has 18 heavy (non-hydrogen) atoms. The van der Waals surface area contributed by atoms with Crippen molar-refractivity contribution < 1.29 is 4.74 Å². The molecule has 96 valence electrons. The molecule has 1 aromatic heterocycles. The summed E-state index contributed by atoms with van der Waals surface area (Å²) in [6, 6.07) is 12.3. The summed E-state index contributed by atoms with van der Waals surface area (Å²) in [6.45, 7) is 2.78. The van der Waals surface area contributed by atoms with Gasteiger partial charge >= 0.3 is 0 Å². The molecular weight excluding hydrogens is 242 g/mol. The van der Waals surface area contributed by atoms with Crippen molar-refractivity contribution in [3.8, 4) is 5.75 Å². The number of aryl methyl sites for hydroxylation is 1. The Hall–Kier alpha value is -1.32. The van der Waals surface area contributed by atoms with Crippen LogP contribution in [0.3, 0.4) is 0 Å². The molecule has 0 aliphatic carbocycles. The summed E-state index contributed by atoms with van der Waals surface area (Å²) in [5, 5.41) is 2.09. The van der Waals surface area contributed by atoms with Crippen molar-refractivity contribution in [3.63, 3.8) is 0 Å². The van der Waals surface area contributed by atoms with Gasteiger partial charge < -0.3 is 10.5 Å². The molecule has 0 aliphatic heterocycles. The molecule has 1 atom stereocenters. The molecule has 1 aromatic carbocycles. The molecule has 0 spiro atoms. The lowest BCUT2D eigenvalue weighted by Gasteiger charge is -2.19. The van der Waals surface area contributed by atoms with Crippen molar-refractivity contribution in [2.45, 2.75) is 25.9 Å². The van der Waals surface area contributed by atoms with Gasteiger partial charge in [-0.25, -0.2) is 0 Å². The Morgan fingerprint density at radius 2 is 2.06 bits per heavy atom. The smallest absolute Gasteiger partial charge is 0.133 e. The molecule has 2 aromatic rings. The van der Waals surface area contributed by atoms with Gasteiger partial charge in [0.05, 0.1) is 0 Å². The van der Waals surface area contributed by atoms with Gasteiger partial charge in [0.1, 0.15) is 11.9 Å². The second-order valence-electron chi connectivity index (χ2n) is 4.32. The van der Waals surface area contributed by atoms with Crippen LogP contribution in [0.25, 0.3) is 0 Å². The molecule has 0 saturated carbocycles. The van der Waals surface area contributed by atoms with Crippen LogP contribution in [0.1, 0.15) is 29.4 Å². The zero-order chi connectivity index (χ0) is 12.8. The maximum Gasteiger partial charge on any atom is 0.133 e. The zero-order valence-electron chi connectivity index (χ0n) is 10.6. The molecule has 0 saturated heterocycles. The van der Waals surface area contributed by atoms with E-state index >= 15 is 0 Å². The lowest BCUT2D eigenvalue weighted by atomic mass is 10.1.